The van der Waals surface area contributed by atoms with Crippen LogP contribution in [0.1, 0.15) is 47.9 Å². The Hall–Kier alpha value is -4.02. The summed E-state index contributed by atoms with van der Waals surface area (Å²) >= 11 is 6.74. The molecule has 0 N–H and O–H groups in total. The molecular formula is C38H32N4S4. The molecule has 0 aliphatic carbocycles. The highest BCUT2D eigenvalue weighted by atomic mass is 32.2. The van der Waals surface area contributed by atoms with Gasteiger partial charge in [0.2, 0.25) is 0 Å². The summed E-state index contributed by atoms with van der Waals surface area (Å²) in [6.07, 6.45) is 2.04. The van der Waals surface area contributed by atoms with Crippen LogP contribution in [0.25, 0.3) is 11.1 Å². The van der Waals surface area contributed by atoms with Crippen LogP contribution < -0.4 is 0 Å². The molecule has 0 spiro atoms. The number of rotatable bonds is 16. The van der Waals surface area contributed by atoms with Crippen molar-refractivity contribution in [3.8, 4) is 24.3 Å². The van der Waals surface area contributed by atoms with Gasteiger partial charge in [0.15, 0.2) is 0 Å². The first kappa shape index (κ1) is 34.8. The maximum Gasteiger partial charge on any atom is 0.0630 e. The molecule has 0 saturated heterocycles. The molecule has 0 bridgehead atoms. The molecule has 4 aromatic rings. The van der Waals surface area contributed by atoms with Gasteiger partial charge in [-0.15, -0.1) is 47.0 Å². The normalized spacial score (nSPS) is 10.3. The van der Waals surface area contributed by atoms with Crippen LogP contribution in [0.2, 0.25) is 0 Å². The molecule has 0 aromatic heterocycles. The monoisotopic (exact) mass is 672 g/mol. The molecule has 0 aliphatic rings. The van der Waals surface area contributed by atoms with Gasteiger partial charge >= 0.3 is 0 Å². The Balaban J connectivity index is 1.86. The minimum absolute atomic E-state index is 0.510. The van der Waals surface area contributed by atoms with E-state index in [9.17, 15) is 0 Å². The van der Waals surface area contributed by atoms with Gasteiger partial charge in [-0.05, 0) is 81.9 Å². The lowest BCUT2D eigenvalue weighted by Gasteiger charge is -2.19. The standard InChI is InChI=1S/C38H32N4S4/c39-21-1-25-43-33-13-5-29(6-14-33)37(30-7-15-34(16-8-30)44-26-2-22-40)38(31-9-17-35(18-10-31)45-27-3-23-41)32-11-19-36(20-12-32)46-28-4-24-42/h5-20H,1-4,25-28H2. The van der Waals surface area contributed by atoms with Gasteiger partial charge in [-0.1, -0.05) is 48.5 Å². The summed E-state index contributed by atoms with van der Waals surface area (Å²) in [5.74, 6) is 3.02. The van der Waals surface area contributed by atoms with Crippen LogP contribution in [-0.2, 0) is 0 Å². The Morgan fingerprint density at radius 1 is 0.348 bits per heavy atom. The van der Waals surface area contributed by atoms with Crippen LogP contribution in [0.3, 0.4) is 0 Å². The molecule has 228 valence electrons. The summed E-state index contributed by atoms with van der Waals surface area (Å²) in [6.45, 7) is 0. The highest BCUT2D eigenvalue weighted by Gasteiger charge is 2.17. The summed E-state index contributed by atoms with van der Waals surface area (Å²) < 4.78 is 0. The number of nitriles is 4. The van der Waals surface area contributed by atoms with Crippen LogP contribution in [0, 0.1) is 45.3 Å². The van der Waals surface area contributed by atoms with Crippen molar-refractivity contribution in [2.75, 3.05) is 23.0 Å². The van der Waals surface area contributed by atoms with Gasteiger partial charge in [-0.25, -0.2) is 0 Å². The molecule has 0 atom stereocenters. The molecule has 0 saturated carbocycles. The topological polar surface area (TPSA) is 95.2 Å². The first-order valence-corrected chi connectivity index (χ1v) is 18.8. The Labute approximate surface area is 289 Å². The smallest absolute Gasteiger partial charge is 0.0630 e. The highest BCUT2D eigenvalue weighted by molar-refractivity contribution is 8.00. The van der Waals surface area contributed by atoms with Gasteiger partial charge < -0.3 is 0 Å². The van der Waals surface area contributed by atoms with E-state index in [-0.39, 0.29) is 0 Å². The van der Waals surface area contributed by atoms with Gasteiger partial charge in [0.1, 0.15) is 0 Å². The Morgan fingerprint density at radius 3 is 0.717 bits per heavy atom. The van der Waals surface area contributed by atoms with E-state index >= 15 is 0 Å². The Morgan fingerprint density at radius 2 is 0.543 bits per heavy atom. The SMILES string of the molecule is N#CCCSc1ccc(C(=C(c2ccc(SCCC#N)cc2)c2ccc(SCCC#N)cc2)c2ccc(SCCC#N)cc2)cc1. The lowest BCUT2D eigenvalue weighted by Crippen LogP contribution is -1.98. The third-order valence-electron chi connectivity index (χ3n) is 6.75. The predicted molar refractivity (Wildman–Crippen MR) is 195 cm³/mol. The van der Waals surface area contributed by atoms with Gasteiger partial charge in [0.25, 0.3) is 0 Å². The zero-order chi connectivity index (χ0) is 32.4. The second-order valence-corrected chi connectivity index (χ2v) is 14.5. The predicted octanol–water partition coefficient (Wildman–Crippen LogP) is 10.7. The lowest BCUT2D eigenvalue weighted by atomic mass is 9.86. The molecule has 4 rings (SSSR count). The molecule has 0 radical (unpaired) electrons. The van der Waals surface area contributed by atoms with Crippen molar-refractivity contribution < 1.29 is 0 Å². The van der Waals surface area contributed by atoms with Crippen molar-refractivity contribution >= 4 is 58.2 Å². The molecule has 46 heavy (non-hydrogen) atoms. The average molecular weight is 673 g/mol. The quantitative estimate of drug-likeness (QED) is 0.0659. The maximum atomic E-state index is 8.97. The van der Waals surface area contributed by atoms with Gasteiger partial charge in [-0.3, -0.25) is 0 Å². The molecule has 8 heteroatoms. The zero-order valence-electron chi connectivity index (χ0n) is 25.3. The number of thioether (sulfide) groups is 4. The van der Waals surface area contributed by atoms with E-state index in [1.807, 2.05) is 0 Å². The van der Waals surface area contributed by atoms with Gasteiger partial charge in [0, 0.05) is 68.3 Å². The van der Waals surface area contributed by atoms with E-state index in [4.69, 9.17) is 21.0 Å². The lowest BCUT2D eigenvalue weighted by molar-refractivity contribution is 1.23. The Bertz CT molecular complexity index is 1490. The molecule has 4 nitrogen and oxygen atoms in total. The number of nitrogens with zero attached hydrogens (tertiary/aromatic N) is 4. The molecule has 4 aromatic carbocycles. The largest absolute Gasteiger partial charge is 0.198 e. The van der Waals surface area contributed by atoms with E-state index in [1.165, 1.54) is 0 Å². The van der Waals surface area contributed by atoms with Crippen molar-refractivity contribution in [3.63, 3.8) is 0 Å². The van der Waals surface area contributed by atoms with Gasteiger partial charge in [-0.2, -0.15) is 21.0 Å². The first-order valence-electron chi connectivity index (χ1n) is 14.8. The van der Waals surface area contributed by atoms with Crippen LogP contribution in [0.4, 0.5) is 0 Å². The molecule has 0 heterocycles. The van der Waals surface area contributed by atoms with E-state index in [0.717, 1.165) is 76.0 Å². The minimum atomic E-state index is 0.510. The molecular weight excluding hydrogens is 641 g/mol. The first-order chi connectivity index (χ1) is 22.7. The van der Waals surface area contributed by atoms with Crippen molar-refractivity contribution in [1.82, 2.24) is 0 Å². The fraction of sp³-hybridized carbons (Fsp3) is 0.211. The van der Waals surface area contributed by atoms with Crippen LogP contribution in [-0.4, -0.2) is 23.0 Å². The van der Waals surface area contributed by atoms with E-state index in [2.05, 4.69) is 121 Å². The maximum absolute atomic E-state index is 8.97. The van der Waals surface area contributed by atoms with Crippen LogP contribution in [0.15, 0.2) is 117 Å². The van der Waals surface area contributed by atoms with Crippen molar-refractivity contribution in [3.05, 3.63) is 119 Å². The van der Waals surface area contributed by atoms with Crippen molar-refractivity contribution in [2.24, 2.45) is 0 Å². The second-order valence-electron chi connectivity index (χ2n) is 9.87. The number of hydrogen-bond donors (Lipinski definition) is 0. The summed E-state index contributed by atoms with van der Waals surface area (Å²) in [6, 6.07) is 43.2. The summed E-state index contributed by atoms with van der Waals surface area (Å²) in [4.78, 5) is 4.51. The van der Waals surface area contributed by atoms with Crippen molar-refractivity contribution in [2.45, 2.75) is 45.3 Å². The van der Waals surface area contributed by atoms with Crippen molar-refractivity contribution in [1.29, 1.82) is 21.0 Å². The molecule has 0 fully saturated rings. The van der Waals surface area contributed by atoms with Crippen LogP contribution >= 0.6 is 47.0 Å². The minimum Gasteiger partial charge on any atom is -0.198 e. The number of benzene rings is 4. The second kappa shape index (κ2) is 19.5. The van der Waals surface area contributed by atoms with E-state index in [0.29, 0.717) is 25.7 Å². The molecule has 0 unspecified atom stereocenters. The average Bonchev–Trinajstić information content (AvgIpc) is 3.09. The molecule has 0 aliphatic heterocycles. The van der Waals surface area contributed by atoms with Gasteiger partial charge in [0.05, 0.1) is 24.3 Å². The van der Waals surface area contributed by atoms with Crippen LogP contribution in [0.5, 0.6) is 0 Å². The summed E-state index contributed by atoms with van der Waals surface area (Å²) in [7, 11) is 0. The zero-order valence-corrected chi connectivity index (χ0v) is 28.6. The Kier molecular flexibility index (Phi) is 14.8. The summed E-state index contributed by atoms with van der Waals surface area (Å²) in [5, 5.41) is 35.9. The van der Waals surface area contributed by atoms with E-state index in [1.54, 1.807) is 47.0 Å². The third kappa shape index (κ3) is 10.5. The van der Waals surface area contributed by atoms with E-state index < -0.39 is 0 Å². The number of hydrogen-bond acceptors (Lipinski definition) is 8. The fourth-order valence-corrected chi connectivity index (χ4v) is 7.67. The third-order valence-corrected chi connectivity index (χ3v) is 10.8. The summed E-state index contributed by atoms with van der Waals surface area (Å²) in [5.41, 5.74) is 6.57. The fourth-order valence-electron chi connectivity index (χ4n) is 4.64. The highest BCUT2D eigenvalue weighted by Crippen LogP contribution is 2.39. The molecule has 0 amide bonds.